The van der Waals surface area contributed by atoms with Crippen molar-refractivity contribution < 1.29 is 4.79 Å². The topological polar surface area (TPSA) is 25.2 Å². The molecule has 0 aromatic carbocycles. The minimum atomic E-state index is 0.284. The van der Waals surface area contributed by atoms with E-state index in [-0.39, 0.29) is 5.78 Å². The van der Waals surface area contributed by atoms with Gasteiger partial charge in [-0.05, 0) is 45.7 Å². The summed E-state index contributed by atoms with van der Waals surface area (Å²) in [5.74, 6) is 0.284. The smallest absolute Gasteiger partial charge is 0.178 e. The third-order valence-electron chi connectivity index (χ3n) is 4.89. The third-order valence-corrected chi connectivity index (χ3v) is 4.89. The van der Waals surface area contributed by atoms with Crippen LogP contribution in [0.2, 0.25) is 0 Å². The van der Waals surface area contributed by atoms with Gasteiger partial charge in [0, 0.05) is 30.0 Å². The highest BCUT2D eigenvalue weighted by atomic mass is 16.1. The van der Waals surface area contributed by atoms with E-state index in [1.165, 1.54) is 25.7 Å². The van der Waals surface area contributed by atoms with Gasteiger partial charge in [0.05, 0.1) is 6.54 Å². The molecule has 0 aliphatic carbocycles. The van der Waals surface area contributed by atoms with E-state index >= 15 is 0 Å². The largest absolute Gasteiger partial charge is 0.351 e. The first kappa shape index (κ1) is 15.3. The Kier molecular flexibility index (Phi) is 5.03. The van der Waals surface area contributed by atoms with Crippen molar-refractivity contribution in [1.82, 2.24) is 9.47 Å². The van der Waals surface area contributed by atoms with E-state index < -0.39 is 0 Å². The number of carbonyl (C=O) groups is 1. The first-order valence-electron chi connectivity index (χ1n) is 7.94. The Morgan fingerprint density at radius 3 is 2.65 bits per heavy atom. The van der Waals surface area contributed by atoms with Crippen molar-refractivity contribution in [1.29, 1.82) is 0 Å². The van der Waals surface area contributed by atoms with E-state index in [2.05, 4.69) is 23.3 Å². The van der Waals surface area contributed by atoms with Crippen LogP contribution in [0, 0.1) is 13.8 Å². The molecule has 3 nitrogen and oxygen atoms in total. The SMILES string of the molecule is CCC1CCCCCN1CC(=O)c1cc(C)n(C)c1C. The van der Waals surface area contributed by atoms with Crippen LogP contribution in [0.1, 0.15) is 60.8 Å². The number of likely N-dealkylation sites (tertiary alicyclic amines) is 1. The fourth-order valence-corrected chi connectivity index (χ4v) is 3.31. The summed E-state index contributed by atoms with van der Waals surface area (Å²) in [6.45, 7) is 8.01. The standard InChI is InChI=1S/C17H28N2O/c1-5-15-9-7-6-8-10-19(15)12-17(20)16-11-13(2)18(4)14(16)3/h11,15H,5-10,12H2,1-4H3. The van der Waals surface area contributed by atoms with E-state index in [0.717, 1.165) is 29.9 Å². The molecule has 1 aliphatic heterocycles. The second-order valence-corrected chi connectivity index (χ2v) is 6.15. The molecule has 0 saturated carbocycles. The second kappa shape index (κ2) is 6.57. The molecule has 0 amide bonds. The summed E-state index contributed by atoms with van der Waals surface area (Å²) >= 11 is 0. The average Bonchev–Trinajstić information content (AvgIpc) is 2.62. The highest BCUT2D eigenvalue weighted by molar-refractivity contribution is 5.99. The van der Waals surface area contributed by atoms with E-state index in [9.17, 15) is 4.79 Å². The Bertz CT molecular complexity index is 476. The van der Waals surface area contributed by atoms with Crippen molar-refractivity contribution in [2.24, 2.45) is 7.05 Å². The molecule has 1 aromatic rings. The van der Waals surface area contributed by atoms with Crippen molar-refractivity contribution in [2.75, 3.05) is 13.1 Å². The monoisotopic (exact) mass is 276 g/mol. The zero-order chi connectivity index (χ0) is 14.7. The van der Waals surface area contributed by atoms with Gasteiger partial charge in [0.1, 0.15) is 0 Å². The molecule has 0 N–H and O–H groups in total. The van der Waals surface area contributed by atoms with Crippen LogP contribution in [0.4, 0.5) is 0 Å². The van der Waals surface area contributed by atoms with Gasteiger partial charge in [-0.1, -0.05) is 19.8 Å². The van der Waals surface area contributed by atoms with Crippen LogP contribution in [0.3, 0.4) is 0 Å². The molecule has 2 rings (SSSR count). The molecule has 1 aliphatic rings. The number of rotatable bonds is 4. The second-order valence-electron chi connectivity index (χ2n) is 6.15. The molecule has 1 atom stereocenters. The highest BCUT2D eigenvalue weighted by Crippen LogP contribution is 2.21. The van der Waals surface area contributed by atoms with Crippen LogP contribution >= 0.6 is 0 Å². The van der Waals surface area contributed by atoms with Crippen molar-refractivity contribution in [3.05, 3.63) is 23.0 Å². The molecule has 3 heteroatoms. The minimum absolute atomic E-state index is 0.284. The van der Waals surface area contributed by atoms with Crippen molar-refractivity contribution in [3.63, 3.8) is 0 Å². The van der Waals surface area contributed by atoms with Gasteiger partial charge in [-0.3, -0.25) is 9.69 Å². The van der Waals surface area contributed by atoms with Gasteiger partial charge in [-0.25, -0.2) is 0 Å². The molecule has 2 heterocycles. The molecule has 1 unspecified atom stereocenters. The highest BCUT2D eigenvalue weighted by Gasteiger charge is 2.23. The zero-order valence-corrected chi connectivity index (χ0v) is 13.4. The number of aryl methyl sites for hydroxylation is 1. The van der Waals surface area contributed by atoms with Gasteiger partial charge in [0.25, 0.3) is 0 Å². The quantitative estimate of drug-likeness (QED) is 0.787. The molecule has 1 fully saturated rings. The van der Waals surface area contributed by atoms with Gasteiger partial charge < -0.3 is 4.57 Å². The molecule has 0 bridgehead atoms. The Morgan fingerprint density at radius 2 is 2.05 bits per heavy atom. The van der Waals surface area contributed by atoms with Crippen LogP contribution < -0.4 is 0 Å². The summed E-state index contributed by atoms with van der Waals surface area (Å²) in [6, 6.07) is 2.63. The Balaban J connectivity index is 2.11. The van der Waals surface area contributed by atoms with Crippen LogP contribution in [-0.4, -0.2) is 34.4 Å². The maximum atomic E-state index is 12.6. The minimum Gasteiger partial charge on any atom is -0.351 e. The lowest BCUT2D eigenvalue weighted by Crippen LogP contribution is -2.38. The van der Waals surface area contributed by atoms with E-state index in [1.54, 1.807) is 0 Å². The van der Waals surface area contributed by atoms with Gasteiger partial charge in [-0.2, -0.15) is 0 Å². The van der Waals surface area contributed by atoms with E-state index in [0.29, 0.717) is 12.6 Å². The maximum absolute atomic E-state index is 12.6. The normalized spacial score (nSPS) is 20.9. The summed E-state index contributed by atoms with van der Waals surface area (Å²) < 4.78 is 2.10. The summed E-state index contributed by atoms with van der Waals surface area (Å²) in [7, 11) is 2.03. The summed E-state index contributed by atoms with van der Waals surface area (Å²) in [4.78, 5) is 15.0. The molecule has 20 heavy (non-hydrogen) atoms. The van der Waals surface area contributed by atoms with Crippen molar-refractivity contribution in [2.45, 2.75) is 58.9 Å². The Hall–Kier alpha value is -1.09. The summed E-state index contributed by atoms with van der Waals surface area (Å²) in [6.07, 6.45) is 6.25. The molecule has 0 radical (unpaired) electrons. The molecular formula is C17H28N2O. The number of Topliss-reactive ketones (excluding diaryl/α,β-unsaturated/α-hetero) is 1. The first-order chi connectivity index (χ1) is 9.54. The first-order valence-corrected chi connectivity index (χ1v) is 7.94. The third kappa shape index (κ3) is 3.14. The van der Waals surface area contributed by atoms with Crippen molar-refractivity contribution in [3.8, 4) is 0 Å². The Labute approximate surface area is 123 Å². The van der Waals surface area contributed by atoms with Crippen LogP contribution in [0.5, 0.6) is 0 Å². The Morgan fingerprint density at radius 1 is 1.30 bits per heavy atom. The fraction of sp³-hybridized carbons (Fsp3) is 0.706. The number of nitrogens with zero attached hydrogens (tertiary/aromatic N) is 2. The number of hydrogen-bond donors (Lipinski definition) is 0. The van der Waals surface area contributed by atoms with Gasteiger partial charge >= 0.3 is 0 Å². The lowest BCUT2D eigenvalue weighted by atomic mass is 10.1. The predicted octanol–water partition coefficient (Wildman–Crippen LogP) is 3.48. The zero-order valence-electron chi connectivity index (χ0n) is 13.4. The fourth-order valence-electron chi connectivity index (χ4n) is 3.31. The maximum Gasteiger partial charge on any atom is 0.178 e. The van der Waals surface area contributed by atoms with Gasteiger partial charge in [-0.15, -0.1) is 0 Å². The number of hydrogen-bond acceptors (Lipinski definition) is 2. The lowest BCUT2D eigenvalue weighted by molar-refractivity contribution is 0.0890. The van der Waals surface area contributed by atoms with Gasteiger partial charge in [0.2, 0.25) is 0 Å². The van der Waals surface area contributed by atoms with Crippen LogP contribution in [0.15, 0.2) is 6.07 Å². The number of aromatic nitrogens is 1. The summed E-state index contributed by atoms with van der Waals surface area (Å²) in [5, 5.41) is 0. The average molecular weight is 276 g/mol. The lowest BCUT2D eigenvalue weighted by Gasteiger charge is -2.28. The molecular weight excluding hydrogens is 248 g/mol. The molecule has 1 saturated heterocycles. The number of ketones is 1. The van der Waals surface area contributed by atoms with Gasteiger partial charge in [0.15, 0.2) is 5.78 Å². The van der Waals surface area contributed by atoms with E-state index in [4.69, 9.17) is 0 Å². The van der Waals surface area contributed by atoms with Crippen molar-refractivity contribution >= 4 is 5.78 Å². The summed E-state index contributed by atoms with van der Waals surface area (Å²) in [5.41, 5.74) is 3.16. The van der Waals surface area contributed by atoms with Crippen LogP contribution in [-0.2, 0) is 7.05 Å². The van der Waals surface area contributed by atoms with Crippen LogP contribution in [0.25, 0.3) is 0 Å². The number of carbonyl (C=O) groups excluding carboxylic acids is 1. The molecule has 1 aromatic heterocycles. The molecule has 112 valence electrons. The molecule has 0 spiro atoms. The van der Waals surface area contributed by atoms with E-state index in [1.807, 2.05) is 20.0 Å². The predicted molar refractivity (Wildman–Crippen MR) is 83.3 cm³/mol.